The number of benzene rings is 1. The van der Waals surface area contributed by atoms with Crippen molar-refractivity contribution in [1.82, 2.24) is 4.90 Å². The zero-order valence-corrected chi connectivity index (χ0v) is 20.5. The van der Waals surface area contributed by atoms with E-state index in [1.54, 1.807) is 24.3 Å². The van der Waals surface area contributed by atoms with Crippen LogP contribution in [0.25, 0.3) is 0 Å². The smallest absolute Gasteiger partial charge is 0.475 e. The molecule has 0 aliphatic carbocycles. The van der Waals surface area contributed by atoms with Gasteiger partial charge in [-0.2, -0.15) is 13.2 Å². The van der Waals surface area contributed by atoms with Crippen LogP contribution in [-0.2, 0) is 14.6 Å². The minimum absolute atomic E-state index is 0.243. The number of aliphatic hydroxyl groups excluding tert-OH is 1. The molecule has 2 unspecified atom stereocenters. The van der Waals surface area contributed by atoms with E-state index in [0.29, 0.717) is 17.2 Å². The van der Waals surface area contributed by atoms with Gasteiger partial charge < -0.3 is 15.1 Å². The van der Waals surface area contributed by atoms with Crippen LogP contribution in [-0.4, -0.2) is 66.2 Å². The van der Waals surface area contributed by atoms with E-state index >= 15 is 0 Å². The number of piperidine rings is 1. The van der Waals surface area contributed by atoms with Crippen LogP contribution in [0.15, 0.2) is 35.2 Å². The number of aliphatic hydroxyl groups is 1. The first-order chi connectivity index (χ1) is 15.1. The number of alkyl halides is 3. The van der Waals surface area contributed by atoms with Crippen molar-refractivity contribution in [3.05, 3.63) is 30.3 Å². The molecule has 1 aromatic rings. The lowest BCUT2D eigenvalue weighted by Gasteiger charge is -2.37. The van der Waals surface area contributed by atoms with Gasteiger partial charge in [-0.15, -0.1) is 0 Å². The molecule has 1 fully saturated rings. The predicted molar refractivity (Wildman–Crippen MR) is 121 cm³/mol. The molecule has 0 radical (unpaired) electrons. The Labute approximate surface area is 194 Å². The van der Waals surface area contributed by atoms with Crippen molar-refractivity contribution in [2.45, 2.75) is 75.3 Å². The molecule has 0 spiro atoms. The van der Waals surface area contributed by atoms with Gasteiger partial charge in [0, 0.05) is 6.54 Å². The summed E-state index contributed by atoms with van der Waals surface area (Å²) in [6.45, 7) is 10.7. The largest absolute Gasteiger partial charge is 0.490 e. The Morgan fingerprint density at radius 1 is 1.18 bits per heavy atom. The van der Waals surface area contributed by atoms with Crippen molar-refractivity contribution >= 4 is 15.8 Å². The molecular weight excluding hydrogens is 459 g/mol. The summed E-state index contributed by atoms with van der Waals surface area (Å²) in [6, 6.07) is 8.75. The van der Waals surface area contributed by atoms with Gasteiger partial charge in [0.15, 0.2) is 9.84 Å². The third-order valence-corrected chi connectivity index (χ3v) is 8.54. The number of aliphatic carboxylic acids is 1. The van der Waals surface area contributed by atoms with Crippen molar-refractivity contribution in [3.63, 3.8) is 0 Å². The highest BCUT2D eigenvalue weighted by molar-refractivity contribution is 7.92. The molecule has 33 heavy (non-hydrogen) atoms. The second-order valence-electron chi connectivity index (χ2n) is 9.42. The second-order valence-corrected chi connectivity index (χ2v) is 12.0. The molecule has 0 bridgehead atoms. The number of carbonyl (C=O) groups is 1. The topological polar surface area (TPSA) is 94.9 Å². The first kappa shape index (κ1) is 29.4. The first-order valence-corrected chi connectivity index (χ1v) is 12.6. The number of carboxylic acid groups (broad SMARTS) is 1. The van der Waals surface area contributed by atoms with Gasteiger partial charge in [0.05, 0.1) is 15.7 Å². The van der Waals surface area contributed by atoms with Gasteiger partial charge in [-0.3, -0.25) is 0 Å². The summed E-state index contributed by atoms with van der Waals surface area (Å²) in [5, 5.41) is 17.5. The minimum atomic E-state index is -5.08. The standard InChI is InChI=1S/C21H35NO3S.C2HF3O2/c1-17(2)20(23)18-10-8-14-22(16-18)15-9-13-21(3,4)26(24,25)19-11-6-5-7-12-19;3-2(4,5)1(6)7/h5-7,11-12,17-18,20,23H,8-10,13-16H2,1-4H3;(H,6,7). The van der Waals surface area contributed by atoms with Crippen molar-refractivity contribution in [1.29, 1.82) is 0 Å². The Kier molecular flexibility index (Phi) is 10.8. The number of halogens is 3. The predicted octanol–water partition coefficient (Wildman–Crippen LogP) is 4.38. The number of hydrogen-bond donors (Lipinski definition) is 2. The quantitative estimate of drug-likeness (QED) is 0.556. The molecule has 1 aliphatic rings. The van der Waals surface area contributed by atoms with Gasteiger partial charge in [0.25, 0.3) is 0 Å². The van der Waals surface area contributed by atoms with Crippen molar-refractivity contribution in [2.24, 2.45) is 11.8 Å². The van der Waals surface area contributed by atoms with Gasteiger partial charge in [-0.05, 0) is 76.6 Å². The van der Waals surface area contributed by atoms with Gasteiger partial charge in [-0.1, -0.05) is 32.0 Å². The molecule has 190 valence electrons. The van der Waals surface area contributed by atoms with Crippen LogP contribution >= 0.6 is 0 Å². The van der Waals surface area contributed by atoms with E-state index in [-0.39, 0.29) is 12.0 Å². The van der Waals surface area contributed by atoms with Crippen LogP contribution in [0.2, 0.25) is 0 Å². The molecule has 0 amide bonds. The van der Waals surface area contributed by atoms with Crippen LogP contribution in [0.1, 0.15) is 53.4 Å². The van der Waals surface area contributed by atoms with Crippen molar-refractivity contribution in [3.8, 4) is 0 Å². The molecule has 1 saturated heterocycles. The van der Waals surface area contributed by atoms with Crippen LogP contribution < -0.4 is 0 Å². The lowest BCUT2D eigenvalue weighted by molar-refractivity contribution is -0.192. The Morgan fingerprint density at radius 2 is 1.73 bits per heavy atom. The van der Waals surface area contributed by atoms with Crippen molar-refractivity contribution in [2.75, 3.05) is 19.6 Å². The van der Waals surface area contributed by atoms with Gasteiger partial charge >= 0.3 is 12.1 Å². The Morgan fingerprint density at radius 3 is 2.21 bits per heavy atom. The molecule has 2 atom stereocenters. The number of hydrogen-bond acceptors (Lipinski definition) is 5. The summed E-state index contributed by atoms with van der Waals surface area (Å²) in [4.78, 5) is 11.7. The maximum atomic E-state index is 12.9. The molecule has 10 heteroatoms. The summed E-state index contributed by atoms with van der Waals surface area (Å²) < 4.78 is 56.8. The Balaban J connectivity index is 0.000000675. The Hall–Kier alpha value is -1.65. The molecule has 1 aliphatic heterocycles. The van der Waals surface area contributed by atoms with E-state index in [1.165, 1.54) is 0 Å². The van der Waals surface area contributed by atoms with Crippen LogP contribution in [0.4, 0.5) is 13.2 Å². The van der Waals surface area contributed by atoms with E-state index in [0.717, 1.165) is 38.9 Å². The molecule has 1 heterocycles. The molecule has 2 rings (SSSR count). The second kappa shape index (κ2) is 12.2. The van der Waals surface area contributed by atoms with E-state index in [4.69, 9.17) is 9.90 Å². The van der Waals surface area contributed by atoms with Crippen LogP contribution in [0.3, 0.4) is 0 Å². The lowest BCUT2D eigenvalue weighted by Crippen LogP contribution is -2.42. The van der Waals surface area contributed by atoms with Crippen molar-refractivity contribution < 1.29 is 36.6 Å². The number of carboxylic acids is 1. The van der Waals surface area contributed by atoms with Crippen LogP contribution in [0, 0.1) is 11.8 Å². The SMILES string of the molecule is CC(C)C(O)C1CCCN(CCCC(C)(C)S(=O)(=O)c2ccccc2)C1.O=C(O)C(F)(F)F. The van der Waals surface area contributed by atoms with Gasteiger partial charge in [-0.25, -0.2) is 13.2 Å². The van der Waals surface area contributed by atoms with E-state index in [1.807, 2.05) is 19.9 Å². The summed E-state index contributed by atoms with van der Waals surface area (Å²) in [5.74, 6) is -2.13. The fraction of sp³-hybridized carbons (Fsp3) is 0.696. The van der Waals surface area contributed by atoms with E-state index in [2.05, 4.69) is 18.7 Å². The average Bonchev–Trinajstić information content (AvgIpc) is 2.73. The maximum Gasteiger partial charge on any atom is 0.490 e. The highest BCUT2D eigenvalue weighted by Crippen LogP contribution is 2.30. The molecule has 6 nitrogen and oxygen atoms in total. The first-order valence-electron chi connectivity index (χ1n) is 11.1. The fourth-order valence-electron chi connectivity index (χ4n) is 3.90. The zero-order valence-electron chi connectivity index (χ0n) is 19.7. The fourth-order valence-corrected chi connectivity index (χ4v) is 5.47. The summed E-state index contributed by atoms with van der Waals surface area (Å²) >= 11 is 0. The molecule has 2 N–H and O–H groups in total. The average molecular weight is 496 g/mol. The Bertz CT molecular complexity index is 841. The zero-order chi connectivity index (χ0) is 25.4. The van der Waals surface area contributed by atoms with Gasteiger partial charge in [0.2, 0.25) is 0 Å². The maximum absolute atomic E-state index is 12.9. The van der Waals surface area contributed by atoms with Gasteiger partial charge in [0.1, 0.15) is 0 Å². The highest BCUT2D eigenvalue weighted by atomic mass is 32.2. The molecule has 0 saturated carbocycles. The number of sulfone groups is 1. The molecular formula is C23H36F3NO5S. The monoisotopic (exact) mass is 495 g/mol. The van der Waals surface area contributed by atoms with Crippen LogP contribution in [0.5, 0.6) is 0 Å². The molecule has 1 aromatic carbocycles. The third-order valence-electron chi connectivity index (χ3n) is 5.98. The van der Waals surface area contributed by atoms with E-state index < -0.39 is 26.7 Å². The number of likely N-dealkylation sites (tertiary alicyclic amines) is 1. The highest BCUT2D eigenvalue weighted by Gasteiger charge is 2.38. The lowest BCUT2D eigenvalue weighted by atomic mass is 9.86. The summed E-state index contributed by atoms with van der Waals surface area (Å²) in [7, 11) is -3.34. The number of nitrogens with zero attached hydrogens (tertiary/aromatic N) is 1. The normalized spacial score (nSPS) is 19.0. The number of rotatable bonds is 8. The van der Waals surface area contributed by atoms with E-state index in [9.17, 15) is 26.7 Å². The summed E-state index contributed by atoms with van der Waals surface area (Å²) in [5.41, 5.74) is 0. The third kappa shape index (κ3) is 8.90. The molecule has 0 aromatic heterocycles. The minimum Gasteiger partial charge on any atom is -0.475 e. The summed E-state index contributed by atoms with van der Waals surface area (Å²) in [6.07, 6.45) is -1.64.